The molecule has 0 aliphatic heterocycles. The van der Waals surface area contributed by atoms with E-state index in [1.54, 1.807) is 30.3 Å². The molecule has 0 aliphatic rings. The van der Waals surface area contributed by atoms with Crippen molar-refractivity contribution in [2.45, 2.75) is 26.9 Å². The Kier molecular flexibility index (Phi) is 5.35. The summed E-state index contributed by atoms with van der Waals surface area (Å²) in [6.45, 7) is 1.25. The molecule has 0 atom stereocenters. The average molecular weight is 360 g/mol. The van der Waals surface area contributed by atoms with Gasteiger partial charge >= 0.3 is 6.61 Å². The van der Waals surface area contributed by atoms with E-state index in [0.29, 0.717) is 28.7 Å². The molecule has 5 heteroatoms. The van der Waals surface area contributed by atoms with Gasteiger partial charge in [-0.25, -0.2) is 4.39 Å². The van der Waals surface area contributed by atoms with Crippen LogP contribution in [0.4, 0.5) is 13.2 Å². The Morgan fingerprint density at radius 1 is 0.962 bits per heavy atom. The topological polar surface area (TPSA) is 18.5 Å². The summed E-state index contributed by atoms with van der Waals surface area (Å²) in [4.78, 5) is 0. The Hall–Kier alpha value is -2.69. The van der Waals surface area contributed by atoms with Crippen LogP contribution in [-0.2, 0) is 6.42 Å². The molecule has 0 heterocycles. The first-order valence-electron chi connectivity index (χ1n) is 8.46. The molecule has 0 N–H and O–H groups in total. The first-order chi connectivity index (χ1) is 12.5. The SMILES string of the molecule is CCOc1ccc2c(F)c(-c3ccc(CC)cc3)c(OC(F)F)cc2c1. The van der Waals surface area contributed by atoms with Crippen molar-refractivity contribution in [3.63, 3.8) is 0 Å². The van der Waals surface area contributed by atoms with Gasteiger partial charge < -0.3 is 9.47 Å². The highest BCUT2D eigenvalue weighted by Crippen LogP contribution is 2.39. The normalized spacial score (nSPS) is 11.2. The summed E-state index contributed by atoms with van der Waals surface area (Å²) in [5.41, 5.74) is 1.60. The van der Waals surface area contributed by atoms with E-state index in [2.05, 4.69) is 4.74 Å². The highest BCUT2D eigenvalue weighted by Gasteiger charge is 2.19. The number of fused-ring (bicyclic) bond motifs is 1. The lowest BCUT2D eigenvalue weighted by atomic mass is 9.97. The fourth-order valence-electron chi connectivity index (χ4n) is 2.94. The van der Waals surface area contributed by atoms with E-state index in [1.165, 1.54) is 6.07 Å². The Morgan fingerprint density at radius 2 is 1.69 bits per heavy atom. The molecular weight excluding hydrogens is 341 g/mol. The minimum Gasteiger partial charge on any atom is -0.494 e. The van der Waals surface area contributed by atoms with Crippen molar-refractivity contribution in [2.24, 2.45) is 0 Å². The molecule has 0 bridgehead atoms. The van der Waals surface area contributed by atoms with Gasteiger partial charge in [0.1, 0.15) is 17.3 Å². The fraction of sp³-hybridized carbons (Fsp3) is 0.238. The summed E-state index contributed by atoms with van der Waals surface area (Å²) in [6.07, 6.45) is 0.834. The second kappa shape index (κ2) is 7.68. The van der Waals surface area contributed by atoms with E-state index in [1.807, 2.05) is 26.0 Å². The first kappa shape index (κ1) is 18.1. The lowest BCUT2D eigenvalue weighted by molar-refractivity contribution is -0.0494. The molecule has 3 rings (SSSR count). The number of benzene rings is 3. The third kappa shape index (κ3) is 3.62. The zero-order valence-corrected chi connectivity index (χ0v) is 14.6. The van der Waals surface area contributed by atoms with Crippen LogP contribution in [0.2, 0.25) is 0 Å². The number of hydrogen-bond acceptors (Lipinski definition) is 2. The number of halogens is 3. The van der Waals surface area contributed by atoms with Gasteiger partial charge in [-0.1, -0.05) is 31.2 Å². The lowest BCUT2D eigenvalue weighted by Gasteiger charge is -2.15. The number of alkyl halides is 2. The van der Waals surface area contributed by atoms with Crippen molar-refractivity contribution in [1.29, 1.82) is 0 Å². The molecule has 0 aliphatic carbocycles. The number of rotatable bonds is 6. The lowest BCUT2D eigenvalue weighted by Crippen LogP contribution is -2.05. The molecule has 3 aromatic carbocycles. The molecule has 0 amide bonds. The number of ether oxygens (including phenoxy) is 2. The van der Waals surface area contributed by atoms with Gasteiger partial charge in [0, 0.05) is 5.39 Å². The third-order valence-corrected chi connectivity index (χ3v) is 4.19. The van der Waals surface area contributed by atoms with Crippen LogP contribution < -0.4 is 9.47 Å². The van der Waals surface area contributed by atoms with Gasteiger partial charge in [-0.15, -0.1) is 0 Å². The summed E-state index contributed by atoms with van der Waals surface area (Å²) in [5, 5.41) is 0.766. The maximum Gasteiger partial charge on any atom is 0.387 e. The minimum absolute atomic E-state index is 0.0320. The summed E-state index contributed by atoms with van der Waals surface area (Å²) in [6, 6.07) is 13.4. The second-order valence-corrected chi connectivity index (χ2v) is 5.81. The summed E-state index contributed by atoms with van der Waals surface area (Å²) >= 11 is 0. The van der Waals surface area contributed by atoms with Crippen molar-refractivity contribution in [1.82, 2.24) is 0 Å². The van der Waals surface area contributed by atoms with Crippen LogP contribution >= 0.6 is 0 Å². The maximum absolute atomic E-state index is 15.2. The molecule has 0 saturated carbocycles. The summed E-state index contributed by atoms with van der Waals surface area (Å²) in [7, 11) is 0. The Morgan fingerprint density at radius 3 is 2.31 bits per heavy atom. The number of hydrogen-bond donors (Lipinski definition) is 0. The van der Waals surface area contributed by atoms with E-state index in [9.17, 15) is 8.78 Å². The van der Waals surface area contributed by atoms with Gasteiger partial charge in [-0.05, 0) is 54.1 Å². The van der Waals surface area contributed by atoms with Gasteiger partial charge in [0.05, 0.1) is 12.2 Å². The van der Waals surface area contributed by atoms with Crippen LogP contribution in [0.15, 0.2) is 48.5 Å². The van der Waals surface area contributed by atoms with Crippen LogP contribution in [0.5, 0.6) is 11.5 Å². The zero-order chi connectivity index (χ0) is 18.7. The predicted octanol–water partition coefficient (Wildman–Crippen LogP) is 6.21. The van der Waals surface area contributed by atoms with Crippen LogP contribution in [-0.4, -0.2) is 13.2 Å². The Bertz CT molecular complexity index is 905. The van der Waals surface area contributed by atoms with Gasteiger partial charge in [0.25, 0.3) is 0 Å². The average Bonchev–Trinajstić information content (AvgIpc) is 2.62. The molecule has 0 spiro atoms. The number of aryl methyl sites for hydroxylation is 1. The van der Waals surface area contributed by atoms with Crippen molar-refractivity contribution in [2.75, 3.05) is 6.61 Å². The molecule has 0 fully saturated rings. The zero-order valence-electron chi connectivity index (χ0n) is 14.6. The summed E-state index contributed by atoms with van der Waals surface area (Å²) < 4.78 is 51.0. The third-order valence-electron chi connectivity index (χ3n) is 4.19. The molecular formula is C21H19F3O2. The highest BCUT2D eigenvalue weighted by atomic mass is 19.3. The molecule has 0 saturated heterocycles. The molecule has 0 unspecified atom stereocenters. The van der Waals surface area contributed by atoms with Crippen LogP contribution in [0.25, 0.3) is 21.9 Å². The van der Waals surface area contributed by atoms with Crippen molar-refractivity contribution in [3.05, 3.63) is 59.9 Å². The maximum atomic E-state index is 15.2. The molecule has 136 valence electrons. The van der Waals surface area contributed by atoms with Crippen molar-refractivity contribution in [3.8, 4) is 22.6 Å². The smallest absolute Gasteiger partial charge is 0.387 e. The summed E-state index contributed by atoms with van der Waals surface area (Å²) in [5.74, 6) is -0.240. The fourth-order valence-corrected chi connectivity index (χ4v) is 2.94. The second-order valence-electron chi connectivity index (χ2n) is 5.81. The quantitative estimate of drug-likeness (QED) is 0.520. The molecule has 0 radical (unpaired) electrons. The first-order valence-corrected chi connectivity index (χ1v) is 8.46. The van der Waals surface area contributed by atoms with Crippen LogP contribution in [0.3, 0.4) is 0 Å². The Labute approximate surface area is 150 Å². The standard InChI is InChI=1S/C21H19F3O2/c1-3-13-5-7-14(8-6-13)19-18(26-21(23)24)12-15-11-16(25-4-2)9-10-17(15)20(19)22/h5-12,21H,3-4H2,1-2H3. The predicted molar refractivity (Wildman–Crippen MR) is 96.5 cm³/mol. The molecule has 0 aromatic heterocycles. The largest absolute Gasteiger partial charge is 0.494 e. The van der Waals surface area contributed by atoms with Gasteiger partial charge in [-0.3, -0.25) is 0 Å². The van der Waals surface area contributed by atoms with Crippen molar-refractivity contribution < 1.29 is 22.6 Å². The van der Waals surface area contributed by atoms with E-state index >= 15 is 4.39 Å². The van der Waals surface area contributed by atoms with E-state index in [0.717, 1.165) is 12.0 Å². The molecule has 26 heavy (non-hydrogen) atoms. The van der Waals surface area contributed by atoms with Gasteiger partial charge in [0.2, 0.25) is 0 Å². The molecule has 3 aromatic rings. The van der Waals surface area contributed by atoms with Crippen molar-refractivity contribution >= 4 is 10.8 Å². The Balaban J connectivity index is 2.21. The highest BCUT2D eigenvalue weighted by molar-refractivity contribution is 5.92. The minimum atomic E-state index is -3.05. The van der Waals surface area contributed by atoms with Crippen LogP contribution in [0.1, 0.15) is 19.4 Å². The van der Waals surface area contributed by atoms with Gasteiger partial charge in [0.15, 0.2) is 0 Å². The van der Waals surface area contributed by atoms with E-state index in [-0.39, 0.29) is 11.3 Å². The van der Waals surface area contributed by atoms with E-state index < -0.39 is 12.4 Å². The molecule has 2 nitrogen and oxygen atoms in total. The van der Waals surface area contributed by atoms with Gasteiger partial charge in [-0.2, -0.15) is 8.78 Å². The van der Waals surface area contributed by atoms with E-state index in [4.69, 9.17) is 4.74 Å². The monoisotopic (exact) mass is 360 g/mol. The van der Waals surface area contributed by atoms with Crippen LogP contribution in [0, 0.1) is 5.82 Å².